The molecule has 3 heterocycles. The number of rotatable bonds is 13. The van der Waals surface area contributed by atoms with Crippen molar-refractivity contribution >= 4 is 28.7 Å². The van der Waals surface area contributed by atoms with E-state index in [1.54, 1.807) is 17.8 Å². The van der Waals surface area contributed by atoms with Crippen LogP contribution in [-0.4, -0.2) is 79.2 Å². The molecule has 0 radical (unpaired) electrons. The second-order valence-electron chi connectivity index (χ2n) is 12.9. The average molecular weight is 667 g/mol. The summed E-state index contributed by atoms with van der Waals surface area (Å²) in [6.45, 7) is 6.57. The lowest BCUT2D eigenvalue weighted by molar-refractivity contribution is -0.171. The number of nitrogens with zero attached hydrogens (tertiary/aromatic N) is 6. The maximum absolute atomic E-state index is 14.3. The zero-order valence-electron chi connectivity index (χ0n) is 26.8. The molecular formula is C34H40F2N6O4S. The van der Waals surface area contributed by atoms with E-state index in [1.165, 1.54) is 12.1 Å². The van der Waals surface area contributed by atoms with Crippen LogP contribution in [0.25, 0.3) is 11.2 Å². The smallest absolute Gasteiger partial charge is 0.191 e. The van der Waals surface area contributed by atoms with Crippen molar-refractivity contribution in [2.45, 2.75) is 100 Å². The first-order chi connectivity index (χ1) is 22.8. The van der Waals surface area contributed by atoms with Crippen molar-refractivity contribution in [3.05, 3.63) is 71.3 Å². The Morgan fingerprint density at radius 1 is 1.06 bits per heavy atom. The molecule has 0 amide bonds. The number of unbranched alkanes of at least 4 members (excludes halogenated alkanes) is 1. The van der Waals surface area contributed by atoms with Gasteiger partial charge in [0.2, 0.25) is 0 Å². The van der Waals surface area contributed by atoms with Gasteiger partial charge in [0.25, 0.3) is 0 Å². The van der Waals surface area contributed by atoms with Gasteiger partial charge in [-0.05, 0) is 49.9 Å². The summed E-state index contributed by atoms with van der Waals surface area (Å²) < 4.78 is 48.6. The number of aliphatic hydroxyl groups is 1. The molecule has 3 aliphatic rings. The Bertz CT molecular complexity index is 1710. The van der Waals surface area contributed by atoms with Crippen molar-refractivity contribution in [3.8, 4) is 0 Å². The zero-order chi connectivity index (χ0) is 32.7. The van der Waals surface area contributed by atoms with Gasteiger partial charge < -0.3 is 24.2 Å². The Hall–Kier alpha value is -3.23. The molecule has 3 unspecified atom stereocenters. The van der Waals surface area contributed by atoms with Crippen molar-refractivity contribution in [1.29, 1.82) is 0 Å². The summed E-state index contributed by atoms with van der Waals surface area (Å²) in [5.74, 6) is -0.990. The van der Waals surface area contributed by atoms with E-state index in [-0.39, 0.29) is 49.5 Å². The normalized spacial score (nSPS) is 26.2. The molecule has 2 aliphatic carbocycles. The Labute approximate surface area is 276 Å². The van der Waals surface area contributed by atoms with Crippen LogP contribution >= 0.6 is 11.8 Å². The number of aliphatic hydroxyl groups excluding tert-OH is 1. The molecule has 13 heteroatoms. The minimum atomic E-state index is -0.854. The van der Waals surface area contributed by atoms with E-state index in [0.717, 1.165) is 36.1 Å². The van der Waals surface area contributed by atoms with Crippen LogP contribution in [0, 0.1) is 11.6 Å². The fraction of sp³-hybridized carbons (Fsp3) is 0.529. The Morgan fingerprint density at radius 3 is 2.64 bits per heavy atom. The third-order valence-corrected chi connectivity index (χ3v) is 10.1. The summed E-state index contributed by atoms with van der Waals surface area (Å²) in [5.41, 5.74) is 3.00. The maximum Gasteiger partial charge on any atom is 0.191 e. The van der Waals surface area contributed by atoms with Gasteiger partial charge in [0, 0.05) is 30.7 Å². The second-order valence-corrected chi connectivity index (χ2v) is 14.0. The molecule has 4 aromatic rings. The highest BCUT2D eigenvalue weighted by molar-refractivity contribution is 7.99. The first kappa shape index (κ1) is 32.3. The zero-order valence-corrected chi connectivity index (χ0v) is 27.6. The number of ether oxygens (including phenoxy) is 3. The number of fused-ring (bicyclic) bond motifs is 2. The Balaban J connectivity index is 1.30. The van der Waals surface area contributed by atoms with E-state index in [0.29, 0.717) is 35.1 Å². The molecule has 250 valence electrons. The second kappa shape index (κ2) is 13.3. The van der Waals surface area contributed by atoms with Gasteiger partial charge in [0.05, 0.1) is 25.4 Å². The molecule has 47 heavy (non-hydrogen) atoms. The molecule has 10 nitrogen and oxygen atoms in total. The van der Waals surface area contributed by atoms with Crippen LogP contribution in [-0.2, 0) is 20.8 Å². The number of thioether (sulfide) groups is 1. The van der Waals surface area contributed by atoms with E-state index in [9.17, 15) is 13.9 Å². The summed E-state index contributed by atoms with van der Waals surface area (Å²) in [6, 6.07) is 14.0. The van der Waals surface area contributed by atoms with Crippen LogP contribution in [0.2, 0.25) is 0 Å². The van der Waals surface area contributed by atoms with Gasteiger partial charge in [0.15, 0.2) is 39.6 Å². The van der Waals surface area contributed by atoms with E-state index in [1.807, 2.05) is 36.7 Å². The molecule has 1 saturated heterocycles. The molecular weight excluding hydrogens is 626 g/mol. The third-order valence-electron chi connectivity index (χ3n) is 9.13. The highest BCUT2D eigenvalue weighted by Gasteiger charge is 2.56. The highest BCUT2D eigenvalue weighted by Crippen LogP contribution is 2.49. The van der Waals surface area contributed by atoms with Crippen LogP contribution in [0.3, 0.4) is 0 Å². The maximum atomic E-state index is 14.3. The van der Waals surface area contributed by atoms with Gasteiger partial charge in [-0.2, -0.15) is 0 Å². The highest BCUT2D eigenvalue weighted by atomic mass is 32.2. The minimum Gasteiger partial charge on any atom is -0.394 e. The molecule has 1 aliphatic heterocycles. The van der Waals surface area contributed by atoms with E-state index in [4.69, 9.17) is 24.2 Å². The fourth-order valence-corrected chi connectivity index (χ4v) is 7.78. The number of anilines is 1. The molecule has 2 aromatic heterocycles. The van der Waals surface area contributed by atoms with Gasteiger partial charge in [-0.1, -0.05) is 66.7 Å². The first-order valence-electron chi connectivity index (χ1n) is 16.4. The summed E-state index contributed by atoms with van der Waals surface area (Å²) in [5, 5.41) is 19.4. The largest absolute Gasteiger partial charge is 0.394 e. The number of hydrogen-bond acceptors (Lipinski definition) is 10. The van der Waals surface area contributed by atoms with Crippen LogP contribution in [0.4, 0.5) is 14.6 Å². The number of hydrogen-bond donors (Lipinski definition) is 1. The predicted molar refractivity (Wildman–Crippen MR) is 173 cm³/mol. The monoisotopic (exact) mass is 666 g/mol. The SMILES string of the molecule is CCCCSc1nc(N(Cc2ccccc2)C2C[C@H]2c2ccc(F)c(F)c2)c2nnn([C@@H]3C[C@H](OCCO)C4OC(C)(C)OC43)c2n1. The molecule has 0 spiro atoms. The van der Waals surface area contributed by atoms with Gasteiger partial charge in [-0.25, -0.2) is 23.4 Å². The van der Waals surface area contributed by atoms with Crippen LogP contribution in [0.1, 0.15) is 69.5 Å². The van der Waals surface area contributed by atoms with Crippen molar-refractivity contribution < 1.29 is 28.1 Å². The molecule has 1 N–H and O–H groups in total. The quantitative estimate of drug-likeness (QED) is 0.107. The summed E-state index contributed by atoms with van der Waals surface area (Å²) in [7, 11) is 0. The van der Waals surface area contributed by atoms with Crippen LogP contribution < -0.4 is 4.90 Å². The lowest BCUT2D eigenvalue weighted by Crippen LogP contribution is -2.31. The van der Waals surface area contributed by atoms with E-state index < -0.39 is 17.4 Å². The number of halogens is 2. The minimum absolute atomic E-state index is 0.00337. The lowest BCUT2D eigenvalue weighted by Gasteiger charge is -2.25. The molecule has 0 bridgehead atoms. The molecule has 7 rings (SSSR count). The van der Waals surface area contributed by atoms with Gasteiger partial charge in [-0.15, -0.1) is 5.10 Å². The third kappa shape index (κ3) is 6.60. The van der Waals surface area contributed by atoms with Crippen molar-refractivity contribution in [2.75, 3.05) is 23.9 Å². The summed E-state index contributed by atoms with van der Waals surface area (Å²) >= 11 is 1.60. The first-order valence-corrected chi connectivity index (χ1v) is 17.3. The molecule has 2 aromatic carbocycles. The average Bonchev–Trinajstić information content (AvgIpc) is 3.49. The topological polar surface area (TPSA) is 108 Å². The standard InChI is InChI=1S/C34H40F2N6O4S/c1-4-5-15-47-33-37-31(41(19-20-9-7-6-8-10-20)25-17-22(25)21-11-12-23(35)24(36)16-21)28-32(38-33)42(40-39-28)26-18-27(44-14-13-43)30-29(26)45-34(2,3)46-30/h6-12,16,22,25-27,29-30,43H,4-5,13-15,17-19H2,1-3H3/t22-,25?,26+,27-,29?,30?/m0/s1. The predicted octanol–water partition coefficient (Wildman–Crippen LogP) is 5.80. The van der Waals surface area contributed by atoms with Crippen molar-refractivity contribution in [3.63, 3.8) is 0 Å². The Morgan fingerprint density at radius 2 is 1.87 bits per heavy atom. The molecule has 2 saturated carbocycles. The van der Waals surface area contributed by atoms with Crippen LogP contribution in [0.15, 0.2) is 53.7 Å². The van der Waals surface area contributed by atoms with Crippen molar-refractivity contribution in [1.82, 2.24) is 25.0 Å². The number of aromatic nitrogens is 5. The van der Waals surface area contributed by atoms with E-state index in [2.05, 4.69) is 34.3 Å². The summed E-state index contributed by atoms with van der Waals surface area (Å²) in [4.78, 5) is 12.3. The number of benzene rings is 2. The molecule has 3 fully saturated rings. The lowest BCUT2D eigenvalue weighted by atomic mass is 10.1. The van der Waals surface area contributed by atoms with Gasteiger partial charge in [0.1, 0.15) is 12.2 Å². The van der Waals surface area contributed by atoms with Crippen molar-refractivity contribution in [2.24, 2.45) is 0 Å². The van der Waals surface area contributed by atoms with Crippen LogP contribution in [0.5, 0.6) is 0 Å². The van der Waals surface area contributed by atoms with Gasteiger partial charge >= 0.3 is 0 Å². The summed E-state index contributed by atoms with van der Waals surface area (Å²) in [6.07, 6.45) is 2.39. The Kier molecular flexibility index (Phi) is 9.18. The molecule has 6 atom stereocenters. The fourth-order valence-electron chi connectivity index (χ4n) is 6.86. The van der Waals surface area contributed by atoms with Gasteiger partial charge in [-0.3, -0.25) is 0 Å². The van der Waals surface area contributed by atoms with E-state index >= 15 is 0 Å².